The Hall–Kier alpha value is -1.55. The van der Waals surface area contributed by atoms with Crippen molar-refractivity contribution in [2.75, 3.05) is 6.61 Å². The van der Waals surface area contributed by atoms with Gasteiger partial charge in [-0.25, -0.2) is 9.18 Å². The van der Waals surface area contributed by atoms with Crippen LogP contribution in [0.2, 0.25) is 0 Å². The third kappa shape index (κ3) is 2.03. The Morgan fingerprint density at radius 3 is 2.57 bits per heavy atom. The molecule has 0 heterocycles. The molecule has 0 saturated heterocycles. The highest BCUT2D eigenvalue weighted by Gasteiger charge is 2.50. The maximum atomic E-state index is 12.5. The number of hydrogen-bond donors (Lipinski definition) is 0. The van der Waals surface area contributed by atoms with Crippen LogP contribution in [0.25, 0.3) is 5.53 Å². The maximum absolute atomic E-state index is 12.5. The van der Waals surface area contributed by atoms with E-state index >= 15 is 0 Å². The molecule has 5 nitrogen and oxygen atoms in total. The number of rotatable bonds is 4. The molecule has 1 saturated carbocycles. The van der Waals surface area contributed by atoms with Crippen LogP contribution in [0.15, 0.2) is 0 Å². The van der Waals surface area contributed by atoms with E-state index in [1.54, 1.807) is 6.92 Å². The van der Waals surface area contributed by atoms with E-state index in [1.165, 1.54) is 0 Å². The number of esters is 1. The predicted molar refractivity (Wildman–Crippen MR) is 43.3 cm³/mol. The van der Waals surface area contributed by atoms with Crippen molar-refractivity contribution in [3.63, 3.8) is 0 Å². The summed E-state index contributed by atoms with van der Waals surface area (Å²) in [5.41, 5.74) is 7.68. The van der Waals surface area contributed by atoms with Crippen LogP contribution in [0.3, 0.4) is 0 Å². The van der Waals surface area contributed by atoms with Crippen LogP contribution in [0, 0.1) is 5.92 Å². The fraction of sp³-hybridized carbons (Fsp3) is 0.625. The summed E-state index contributed by atoms with van der Waals surface area (Å²) in [5.74, 6) is -2.65. The summed E-state index contributed by atoms with van der Waals surface area (Å²) in [6, 6.07) is 0. The van der Waals surface area contributed by atoms with E-state index in [0.29, 0.717) is 0 Å². The van der Waals surface area contributed by atoms with Crippen molar-refractivity contribution in [3.05, 3.63) is 5.53 Å². The Morgan fingerprint density at radius 2 is 2.21 bits per heavy atom. The van der Waals surface area contributed by atoms with Gasteiger partial charge < -0.3 is 10.3 Å². The molecule has 0 aromatic rings. The van der Waals surface area contributed by atoms with Crippen LogP contribution in [-0.2, 0) is 14.3 Å². The zero-order chi connectivity index (χ0) is 10.7. The molecule has 0 N–H and O–H groups in total. The number of hydrogen-bond acceptors (Lipinski definition) is 3. The molecule has 14 heavy (non-hydrogen) atoms. The molecule has 6 heteroatoms. The third-order valence-electron chi connectivity index (χ3n) is 1.85. The largest absolute Gasteiger partial charge is 0.457 e. The molecule has 0 unspecified atom stereocenters. The minimum absolute atomic E-state index is 0.0643. The van der Waals surface area contributed by atoms with E-state index < -0.39 is 29.6 Å². The molecule has 2 atom stereocenters. The van der Waals surface area contributed by atoms with E-state index in [4.69, 9.17) is 5.53 Å². The van der Waals surface area contributed by atoms with Gasteiger partial charge in [0.1, 0.15) is 6.17 Å². The summed E-state index contributed by atoms with van der Waals surface area (Å²) in [6.45, 7) is 1.61. The molecule has 0 amide bonds. The van der Waals surface area contributed by atoms with Gasteiger partial charge in [-0.3, -0.25) is 4.79 Å². The number of nitrogens with zero attached hydrogens (tertiary/aromatic N) is 2. The van der Waals surface area contributed by atoms with Crippen LogP contribution in [0.1, 0.15) is 13.3 Å². The summed E-state index contributed by atoms with van der Waals surface area (Å²) in [6.07, 6.45) is -1.15. The highest BCUT2D eigenvalue weighted by Crippen LogP contribution is 2.34. The van der Waals surface area contributed by atoms with Gasteiger partial charge in [-0.1, -0.05) is 0 Å². The van der Waals surface area contributed by atoms with E-state index in [9.17, 15) is 14.0 Å². The number of halogens is 1. The van der Waals surface area contributed by atoms with Gasteiger partial charge in [0.2, 0.25) is 0 Å². The Bertz CT molecular complexity index is 323. The molecule has 1 fully saturated rings. The number of carbonyl (C=O) groups is 2. The predicted octanol–water partition coefficient (Wildman–Crippen LogP) is 0.147. The Morgan fingerprint density at radius 1 is 1.64 bits per heavy atom. The van der Waals surface area contributed by atoms with Gasteiger partial charge >= 0.3 is 11.7 Å². The normalized spacial score (nSPS) is 23.6. The number of ketones is 1. The topological polar surface area (TPSA) is 79.8 Å². The third-order valence-corrected chi connectivity index (χ3v) is 1.85. The van der Waals surface area contributed by atoms with E-state index in [0.717, 1.165) is 0 Å². The fourth-order valence-electron chi connectivity index (χ4n) is 1.00. The second kappa shape index (κ2) is 4.11. The molecule has 0 bridgehead atoms. The number of carbonyl (C=O) groups excluding carboxylic acids is 2. The molecule has 0 aromatic carbocycles. The van der Waals surface area contributed by atoms with Crippen LogP contribution in [0.4, 0.5) is 4.39 Å². The molecule has 0 spiro atoms. The monoisotopic (exact) mass is 200 g/mol. The van der Waals surface area contributed by atoms with Crippen LogP contribution < -0.4 is 0 Å². The molecule has 1 aliphatic carbocycles. The van der Waals surface area contributed by atoms with Crippen molar-refractivity contribution in [2.24, 2.45) is 5.92 Å². The molecule has 0 aliphatic heterocycles. The maximum Gasteiger partial charge on any atom is 0.441 e. The lowest BCUT2D eigenvalue weighted by molar-refractivity contribution is -0.142. The summed E-state index contributed by atoms with van der Waals surface area (Å²) >= 11 is 0. The molecule has 0 radical (unpaired) electrons. The van der Waals surface area contributed by atoms with Gasteiger partial charge in [0.15, 0.2) is 0 Å². The van der Waals surface area contributed by atoms with Crippen molar-refractivity contribution in [1.29, 1.82) is 0 Å². The van der Waals surface area contributed by atoms with Gasteiger partial charge in [-0.15, -0.1) is 0 Å². The second-order valence-electron chi connectivity index (χ2n) is 2.89. The van der Waals surface area contributed by atoms with Gasteiger partial charge in [-0.05, 0) is 13.3 Å². The summed E-state index contributed by atoms with van der Waals surface area (Å²) in [5, 5.41) is 0. The van der Waals surface area contributed by atoms with Crippen molar-refractivity contribution in [1.82, 2.24) is 0 Å². The smallest absolute Gasteiger partial charge is 0.441 e. The SMILES string of the molecule is CCOC(=O)C(=[N+]=[N-])C(=O)[C@H]1C[C@H]1F. The molecular weight excluding hydrogens is 191 g/mol. The Balaban J connectivity index is 2.68. The van der Waals surface area contributed by atoms with Gasteiger partial charge in [0.05, 0.1) is 12.5 Å². The van der Waals surface area contributed by atoms with Crippen molar-refractivity contribution < 1.29 is 23.5 Å². The van der Waals surface area contributed by atoms with Gasteiger partial charge in [0, 0.05) is 0 Å². The first-order chi connectivity index (χ1) is 6.61. The zero-order valence-corrected chi connectivity index (χ0v) is 7.57. The zero-order valence-electron chi connectivity index (χ0n) is 7.57. The highest BCUT2D eigenvalue weighted by molar-refractivity contribution is 6.63. The lowest BCUT2D eigenvalue weighted by atomic mass is 10.1. The average Bonchev–Trinajstić information content (AvgIpc) is 2.84. The van der Waals surface area contributed by atoms with Crippen LogP contribution in [-0.4, -0.2) is 35.0 Å². The minimum Gasteiger partial charge on any atom is -0.457 e. The van der Waals surface area contributed by atoms with Crippen LogP contribution >= 0.6 is 0 Å². The standard InChI is InChI=1S/C8H9FN2O3/c1-2-14-8(13)6(11-10)7(12)4-3-5(4)9/h4-5H,2-3H2,1H3/t4-,5+/m0/s1. The average molecular weight is 200 g/mol. The minimum atomic E-state index is -1.23. The second-order valence-corrected chi connectivity index (χ2v) is 2.89. The lowest BCUT2D eigenvalue weighted by Crippen LogP contribution is -2.29. The van der Waals surface area contributed by atoms with Crippen molar-refractivity contribution in [2.45, 2.75) is 19.5 Å². The Kier molecular flexibility index (Phi) is 3.09. The highest BCUT2D eigenvalue weighted by atomic mass is 19.1. The first kappa shape index (κ1) is 10.5. The summed E-state index contributed by atoms with van der Waals surface area (Å²) < 4.78 is 16.9. The Labute approximate surface area is 79.5 Å². The first-order valence-corrected chi connectivity index (χ1v) is 4.19. The molecule has 1 aliphatic rings. The summed E-state index contributed by atoms with van der Waals surface area (Å²) in [4.78, 5) is 24.8. The van der Waals surface area contributed by atoms with Gasteiger partial charge in [0.25, 0.3) is 5.78 Å². The number of Topliss-reactive ketones (excluding diaryl/α,β-unsaturated/α-hetero) is 1. The molecule has 0 aromatic heterocycles. The fourth-order valence-corrected chi connectivity index (χ4v) is 1.00. The van der Waals surface area contributed by atoms with Crippen molar-refractivity contribution in [3.8, 4) is 0 Å². The number of alkyl halides is 1. The quantitative estimate of drug-likeness (QED) is 0.213. The van der Waals surface area contributed by atoms with Crippen LogP contribution in [0.5, 0.6) is 0 Å². The first-order valence-electron chi connectivity index (χ1n) is 4.19. The van der Waals surface area contributed by atoms with E-state index in [2.05, 4.69) is 9.53 Å². The van der Waals surface area contributed by atoms with E-state index in [1.807, 2.05) is 0 Å². The van der Waals surface area contributed by atoms with Crippen molar-refractivity contribution >= 4 is 17.5 Å². The lowest BCUT2D eigenvalue weighted by Gasteiger charge is -1.95. The molecular formula is C8H9FN2O3. The van der Waals surface area contributed by atoms with E-state index in [-0.39, 0.29) is 13.0 Å². The molecule has 76 valence electrons. The van der Waals surface area contributed by atoms with Gasteiger partial charge in [-0.2, -0.15) is 4.79 Å². The molecule has 1 rings (SSSR count). The number of ether oxygens (including phenoxy) is 1. The summed E-state index contributed by atoms with van der Waals surface area (Å²) in [7, 11) is 0.